The molecule has 0 saturated heterocycles. The Bertz CT molecular complexity index is 2080. The van der Waals surface area contributed by atoms with Gasteiger partial charge in [-0.15, -0.1) is 0 Å². The van der Waals surface area contributed by atoms with Gasteiger partial charge in [0.05, 0.1) is 14.4 Å². The van der Waals surface area contributed by atoms with E-state index in [-0.39, 0.29) is 32.7 Å². The van der Waals surface area contributed by atoms with E-state index in [0.717, 1.165) is 16.7 Å². The Labute approximate surface area is 332 Å². The van der Waals surface area contributed by atoms with Gasteiger partial charge in [-0.05, 0) is 65.6 Å². The maximum Gasteiger partial charge on any atom is 0.256 e. The molecule has 1 heterocycles. The Morgan fingerprint density at radius 2 is 1.42 bits per heavy atom. The monoisotopic (exact) mass is 774 g/mol. The van der Waals surface area contributed by atoms with Crippen molar-refractivity contribution in [3.05, 3.63) is 107 Å². The standard InChI is InChI=1S/C41H47BN8O7/c1-24-38(52)48-33(40(54)49-45)20-26-5-13-34(56-17-15-43)31(19-26)32-21-30(12-14-35(32)57-18-16-44)37(41(55)47-24)50(2)36(51)23-46-39(53)29-10-8-28(9-11-29)27-6-3-25(22-42)4-7-27/h3-14,19,21,24,33,37H,15-18,20,22-23,43-45H2,1-2H3,(H,46,53)(H,47,55)(H,48,52)(H,49,54)/t24-,33?,37?/m0/s1. The van der Waals surface area contributed by atoms with Gasteiger partial charge in [-0.25, -0.2) is 5.84 Å². The first-order valence-electron chi connectivity index (χ1n) is 18.4. The highest BCUT2D eigenvalue weighted by Crippen LogP contribution is 2.40. The minimum Gasteiger partial charge on any atom is -0.492 e. The van der Waals surface area contributed by atoms with E-state index < -0.39 is 54.2 Å². The van der Waals surface area contributed by atoms with Crippen LogP contribution >= 0.6 is 0 Å². The summed E-state index contributed by atoms with van der Waals surface area (Å²) >= 11 is 0. The molecule has 16 heteroatoms. The first-order valence-corrected chi connectivity index (χ1v) is 18.4. The van der Waals surface area contributed by atoms with Gasteiger partial charge in [0, 0.05) is 43.2 Å². The normalized spacial score (nSPS) is 16.6. The molecule has 4 aromatic rings. The van der Waals surface area contributed by atoms with E-state index in [2.05, 4.69) is 21.4 Å². The number of rotatable bonds is 13. The van der Waals surface area contributed by atoms with Crippen molar-refractivity contribution in [3.8, 4) is 33.8 Å². The molecule has 0 spiro atoms. The zero-order valence-electron chi connectivity index (χ0n) is 31.9. The van der Waals surface area contributed by atoms with Crippen LogP contribution in [-0.2, 0) is 31.9 Å². The lowest BCUT2D eigenvalue weighted by Crippen LogP contribution is -2.55. The summed E-state index contributed by atoms with van der Waals surface area (Å²) in [5, 5.41) is 8.00. The zero-order valence-corrected chi connectivity index (χ0v) is 31.9. The van der Waals surface area contributed by atoms with Gasteiger partial charge in [-0.1, -0.05) is 60.4 Å². The molecular weight excluding hydrogens is 727 g/mol. The number of ether oxygens (including phenoxy) is 2. The number of likely N-dealkylation sites (N-methyl/N-ethyl adjacent to an activating group) is 1. The molecule has 0 saturated carbocycles. The molecule has 3 atom stereocenters. The Morgan fingerprint density at radius 1 is 0.825 bits per heavy atom. The van der Waals surface area contributed by atoms with Gasteiger partial charge in [0.2, 0.25) is 17.7 Å². The number of fused-ring (bicyclic) bond motifs is 5. The molecule has 10 N–H and O–H groups in total. The van der Waals surface area contributed by atoms with Crippen LogP contribution in [0.15, 0.2) is 84.9 Å². The molecular formula is C41H47BN8O7. The molecule has 296 valence electrons. The van der Waals surface area contributed by atoms with Crippen molar-refractivity contribution < 1.29 is 33.4 Å². The summed E-state index contributed by atoms with van der Waals surface area (Å²) in [6, 6.07) is 21.4. The zero-order chi connectivity index (χ0) is 41.1. The van der Waals surface area contributed by atoms with Crippen LogP contribution in [0.4, 0.5) is 0 Å². The lowest BCUT2D eigenvalue weighted by molar-refractivity contribution is -0.139. The number of nitrogens with one attached hydrogen (secondary N) is 4. The Morgan fingerprint density at radius 3 is 2.02 bits per heavy atom. The van der Waals surface area contributed by atoms with Crippen molar-refractivity contribution >= 4 is 37.4 Å². The highest BCUT2D eigenvalue weighted by Gasteiger charge is 2.33. The molecule has 5 rings (SSSR count). The van der Waals surface area contributed by atoms with Crippen LogP contribution < -0.4 is 48.2 Å². The van der Waals surface area contributed by atoms with E-state index in [1.54, 1.807) is 48.5 Å². The van der Waals surface area contributed by atoms with E-state index in [4.69, 9.17) is 34.6 Å². The Kier molecular flexibility index (Phi) is 14.4. The van der Waals surface area contributed by atoms with Crippen molar-refractivity contribution in [2.75, 3.05) is 39.9 Å². The van der Waals surface area contributed by atoms with E-state index >= 15 is 0 Å². The quantitative estimate of drug-likeness (QED) is 0.0438. The van der Waals surface area contributed by atoms with E-state index in [0.29, 0.717) is 45.6 Å². The maximum atomic E-state index is 14.2. The number of amides is 5. The van der Waals surface area contributed by atoms with Crippen molar-refractivity contribution in [1.82, 2.24) is 26.3 Å². The number of hydrogen-bond donors (Lipinski definition) is 7. The van der Waals surface area contributed by atoms with Crippen LogP contribution in [0.3, 0.4) is 0 Å². The second-order valence-corrected chi connectivity index (χ2v) is 13.4. The number of hydrogen-bond acceptors (Lipinski definition) is 10. The lowest BCUT2D eigenvalue weighted by Gasteiger charge is -2.30. The van der Waals surface area contributed by atoms with Gasteiger partial charge in [0.1, 0.15) is 42.8 Å². The fourth-order valence-corrected chi connectivity index (χ4v) is 6.36. The second kappa shape index (κ2) is 19.6. The molecule has 15 nitrogen and oxygen atoms in total. The van der Waals surface area contributed by atoms with Crippen molar-refractivity contribution in [1.29, 1.82) is 0 Å². The van der Waals surface area contributed by atoms with Crippen molar-refractivity contribution in [2.24, 2.45) is 17.3 Å². The summed E-state index contributed by atoms with van der Waals surface area (Å²) in [7, 11) is 7.13. The van der Waals surface area contributed by atoms with Crippen molar-refractivity contribution in [3.63, 3.8) is 0 Å². The van der Waals surface area contributed by atoms with Crippen LogP contribution in [0.25, 0.3) is 22.3 Å². The number of hydrazine groups is 1. The summed E-state index contributed by atoms with van der Waals surface area (Å²) in [6.07, 6.45) is 0.473. The lowest BCUT2D eigenvalue weighted by atomic mass is 9.93. The summed E-state index contributed by atoms with van der Waals surface area (Å²) in [5.74, 6) is 3.18. The molecule has 57 heavy (non-hydrogen) atoms. The Hall–Kier alpha value is -6.23. The summed E-state index contributed by atoms with van der Waals surface area (Å²) in [6.45, 7) is 1.79. The highest BCUT2D eigenvalue weighted by atomic mass is 16.5. The molecule has 1 aliphatic rings. The smallest absolute Gasteiger partial charge is 0.256 e. The first kappa shape index (κ1) is 41.9. The predicted molar refractivity (Wildman–Crippen MR) is 216 cm³/mol. The topological polar surface area (TPSA) is 233 Å². The van der Waals surface area contributed by atoms with Crippen LogP contribution in [0.1, 0.15) is 40.0 Å². The van der Waals surface area contributed by atoms with E-state index in [1.165, 1.54) is 18.9 Å². The summed E-state index contributed by atoms with van der Waals surface area (Å²) in [5.41, 5.74) is 18.8. The van der Waals surface area contributed by atoms with E-state index in [1.807, 2.05) is 36.4 Å². The third-order valence-electron chi connectivity index (χ3n) is 9.47. The van der Waals surface area contributed by atoms with Crippen molar-refractivity contribution in [2.45, 2.75) is 37.8 Å². The molecule has 0 aliphatic carbocycles. The molecule has 2 radical (unpaired) electrons. The SMILES string of the molecule is [B]Cc1ccc(-c2ccc(C(=O)NCC(=O)N(C)C3C(=O)N[C@@H](C)C(=O)NC(C(=O)NN)Cc4ccc(OCCN)c(c4)-c4cc3ccc4OCCN)cc2)cc1. The molecule has 0 aromatic heterocycles. The van der Waals surface area contributed by atoms with Crippen LogP contribution in [0.2, 0.25) is 0 Å². The number of benzene rings is 4. The summed E-state index contributed by atoms with van der Waals surface area (Å²) in [4.78, 5) is 68.6. The molecule has 4 bridgehead atoms. The van der Waals surface area contributed by atoms with Gasteiger partial charge in [0.25, 0.3) is 11.8 Å². The Balaban J connectivity index is 1.49. The third-order valence-corrected chi connectivity index (χ3v) is 9.47. The van der Waals surface area contributed by atoms with Gasteiger partial charge < -0.3 is 41.8 Å². The number of nitrogens with zero attached hydrogens (tertiary/aromatic N) is 1. The molecule has 4 aromatic carbocycles. The average Bonchev–Trinajstić information content (AvgIpc) is 3.23. The molecule has 2 unspecified atom stereocenters. The van der Waals surface area contributed by atoms with Crippen LogP contribution in [-0.4, -0.2) is 94.3 Å². The average molecular weight is 775 g/mol. The maximum absolute atomic E-state index is 14.2. The third kappa shape index (κ3) is 10.3. The largest absolute Gasteiger partial charge is 0.492 e. The van der Waals surface area contributed by atoms with Gasteiger partial charge >= 0.3 is 0 Å². The van der Waals surface area contributed by atoms with Gasteiger partial charge in [-0.3, -0.25) is 29.4 Å². The van der Waals surface area contributed by atoms with Crippen LogP contribution in [0.5, 0.6) is 11.5 Å². The highest BCUT2D eigenvalue weighted by molar-refractivity contribution is 6.08. The first-order chi connectivity index (χ1) is 27.5. The second-order valence-electron chi connectivity index (χ2n) is 13.4. The minimum atomic E-state index is -1.31. The molecule has 0 fully saturated rings. The number of carbonyl (C=O) groups is 5. The summed E-state index contributed by atoms with van der Waals surface area (Å²) < 4.78 is 12.1. The van der Waals surface area contributed by atoms with Gasteiger partial charge in [-0.2, -0.15) is 0 Å². The minimum absolute atomic E-state index is 0.0387. The van der Waals surface area contributed by atoms with Gasteiger partial charge in [0.15, 0.2) is 0 Å². The van der Waals surface area contributed by atoms with E-state index in [9.17, 15) is 24.0 Å². The predicted octanol–water partition coefficient (Wildman–Crippen LogP) is 0.829. The molecule has 5 amide bonds. The fraction of sp³-hybridized carbons (Fsp3) is 0.293. The number of carbonyl (C=O) groups excluding carboxylic acids is 5. The fourth-order valence-electron chi connectivity index (χ4n) is 6.36. The number of nitrogens with two attached hydrogens (primary N) is 3. The molecule has 1 aliphatic heterocycles. The van der Waals surface area contributed by atoms with Crippen LogP contribution in [0, 0.1) is 0 Å².